The summed E-state index contributed by atoms with van der Waals surface area (Å²) in [6.07, 6.45) is 1.46. The second-order valence-electron chi connectivity index (χ2n) is 5.06. The highest BCUT2D eigenvalue weighted by molar-refractivity contribution is 9.10. The van der Waals surface area contributed by atoms with Crippen LogP contribution in [0.15, 0.2) is 41.3 Å². The second kappa shape index (κ2) is 5.06. The summed E-state index contributed by atoms with van der Waals surface area (Å²) in [6.45, 7) is 6.55. The van der Waals surface area contributed by atoms with E-state index in [4.69, 9.17) is 4.74 Å². The lowest BCUT2D eigenvalue weighted by molar-refractivity contribution is 0.460. The zero-order valence-electron chi connectivity index (χ0n) is 10.6. The SMILES string of the molecule is CC(C)(C)c1ccc(Oc2cc(Br)ncn2)cc1. The van der Waals surface area contributed by atoms with E-state index < -0.39 is 0 Å². The molecule has 0 saturated carbocycles. The molecule has 4 heteroatoms. The second-order valence-corrected chi connectivity index (χ2v) is 5.87. The predicted octanol–water partition coefficient (Wildman–Crippen LogP) is 4.33. The van der Waals surface area contributed by atoms with E-state index in [2.05, 4.69) is 58.8 Å². The Balaban J connectivity index is 2.16. The predicted molar refractivity (Wildman–Crippen MR) is 74.9 cm³/mol. The number of hydrogen-bond acceptors (Lipinski definition) is 3. The fourth-order valence-electron chi connectivity index (χ4n) is 1.52. The van der Waals surface area contributed by atoms with Crippen LogP contribution in [0.2, 0.25) is 0 Å². The number of halogens is 1. The zero-order valence-corrected chi connectivity index (χ0v) is 12.2. The Morgan fingerprint density at radius 1 is 1.06 bits per heavy atom. The van der Waals surface area contributed by atoms with Crippen LogP contribution >= 0.6 is 15.9 Å². The molecule has 0 N–H and O–H groups in total. The third kappa shape index (κ3) is 3.29. The molecule has 0 fully saturated rings. The van der Waals surface area contributed by atoms with Crippen LogP contribution in [0.3, 0.4) is 0 Å². The summed E-state index contributed by atoms with van der Waals surface area (Å²) in [4.78, 5) is 8.00. The topological polar surface area (TPSA) is 35.0 Å². The molecule has 1 aromatic carbocycles. The lowest BCUT2D eigenvalue weighted by Gasteiger charge is -2.19. The maximum Gasteiger partial charge on any atom is 0.223 e. The highest BCUT2D eigenvalue weighted by atomic mass is 79.9. The molecule has 0 bridgehead atoms. The van der Waals surface area contributed by atoms with Crippen LogP contribution in [0.5, 0.6) is 11.6 Å². The van der Waals surface area contributed by atoms with Gasteiger partial charge in [-0.2, -0.15) is 0 Å². The number of nitrogens with zero attached hydrogens (tertiary/aromatic N) is 2. The first-order valence-electron chi connectivity index (χ1n) is 5.71. The van der Waals surface area contributed by atoms with Crippen molar-refractivity contribution in [2.45, 2.75) is 26.2 Å². The Hall–Kier alpha value is -1.42. The third-order valence-electron chi connectivity index (χ3n) is 2.55. The highest BCUT2D eigenvalue weighted by Crippen LogP contribution is 2.26. The Morgan fingerprint density at radius 2 is 1.72 bits per heavy atom. The molecule has 2 aromatic rings. The van der Waals surface area contributed by atoms with Gasteiger partial charge in [-0.3, -0.25) is 0 Å². The monoisotopic (exact) mass is 306 g/mol. The number of aromatic nitrogens is 2. The van der Waals surface area contributed by atoms with E-state index in [1.165, 1.54) is 11.9 Å². The minimum Gasteiger partial charge on any atom is -0.439 e. The molecule has 0 radical (unpaired) electrons. The van der Waals surface area contributed by atoms with Gasteiger partial charge in [0.15, 0.2) is 0 Å². The highest BCUT2D eigenvalue weighted by Gasteiger charge is 2.13. The molecule has 0 saturated heterocycles. The molecule has 0 aliphatic carbocycles. The van der Waals surface area contributed by atoms with E-state index in [1.54, 1.807) is 6.07 Å². The normalized spacial score (nSPS) is 11.3. The summed E-state index contributed by atoms with van der Waals surface area (Å²) in [7, 11) is 0. The van der Waals surface area contributed by atoms with E-state index in [9.17, 15) is 0 Å². The molecule has 0 unspecified atom stereocenters. The van der Waals surface area contributed by atoms with Gasteiger partial charge in [-0.05, 0) is 39.0 Å². The van der Waals surface area contributed by atoms with Gasteiger partial charge < -0.3 is 4.74 Å². The van der Waals surface area contributed by atoms with Gasteiger partial charge in [0.05, 0.1) is 0 Å². The van der Waals surface area contributed by atoms with Crippen LogP contribution in [0.25, 0.3) is 0 Å². The Labute approximate surface area is 115 Å². The molecule has 0 atom stereocenters. The first-order valence-corrected chi connectivity index (χ1v) is 6.50. The molecule has 0 aliphatic rings. The van der Waals surface area contributed by atoms with Crippen LogP contribution in [0, 0.1) is 0 Å². The van der Waals surface area contributed by atoms with Crippen molar-refractivity contribution < 1.29 is 4.74 Å². The Morgan fingerprint density at radius 3 is 2.28 bits per heavy atom. The summed E-state index contributed by atoms with van der Waals surface area (Å²) < 4.78 is 6.35. The maximum absolute atomic E-state index is 5.65. The molecule has 0 spiro atoms. The molecular weight excluding hydrogens is 292 g/mol. The molecule has 1 aromatic heterocycles. The number of rotatable bonds is 2. The van der Waals surface area contributed by atoms with Crippen LogP contribution in [-0.2, 0) is 5.41 Å². The van der Waals surface area contributed by atoms with Gasteiger partial charge in [-0.25, -0.2) is 9.97 Å². The molecule has 18 heavy (non-hydrogen) atoms. The van der Waals surface area contributed by atoms with Crippen molar-refractivity contribution in [1.82, 2.24) is 9.97 Å². The van der Waals surface area contributed by atoms with Crippen molar-refractivity contribution in [2.24, 2.45) is 0 Å². The Kier molecular flexibility index (Phi) is 3.66. The van der Waals surface area contributed by atoms with Gasteiger partial charge in [0.25, 0.3) is 0 Å². The largest absolute Gasteiger partial charge is 0.439 e. The maximum atomic E-state index is 5.65. The molecule has 0 aliphatic heterocycles. The van der Waals surface area contributed by atoms with E-state index in [1.807, 2.05) is 12.1 Å². The third-order valence-corrected chi connectivity index (χ3v) is 2.99. The van der Waals surface area contributed by atoms with Crippen molar-refractivity contribution in [3.8, 4) is 11.6 Å². The number of hydrogen-bond donors (Lipinski definition) is 0. The molecule has 2 rings (SSSR count). The summed E-state index contributed by atoms with van der Waals surface area (Å²) in [5, 5.41) is 0. The van der Waals surface area contributed by atoms with E-state index in [-0.39, 0.29) is 5.41 Å². The van der Waals surface area contributed by atoms with E-state index >= 15 is 0 Å². The molecule has 94 valence electrons. The van der Waals surface area contributed by atoms with Crippen LogP contribution in [0.4, 0.5) is 0 Å². The molecule has 3 nitrogen and oxygen atoms in total. The summed E-state index contributed by atoms with van der Waals surface area (Å²) in [6, 6.07) is 9.79. The number of ether oxygens (including phenoxy) is 1. The van der Waals surface area contributed by atoms with Crippen molar-refractivity contribution in [3.05, 3.63) is 46.8 Å². The van der Waals surface area contributed by atoms with Gasteiger partial charge in [0.1, 0.15) is 16.7 Å². The summed E-state index contributed by atoms with van der Waals surface area (Å²) in [5.41, 5.74) is 1.43. The minimum atomic E-state index is 0.149. The van der Waals surface area contributed by atoms with Crippen molar-refractivity contribution in [2.75, 3.05) is 0 Å². The Bertz CT molecular complexity index is 532. The fourth-order valence-corrected chi connectivity index (χ4v) is 1.80. The van der Waals surface area contributed by atoms with Crippen LogP contribution in [-0.4, -0.2) is 9.97 Å². The minimum absolute atomic E-state index is 0.149. The van der Waals surface area contributed by atoms with E-state index in [0.29, 0.717) is 10.5 Å². The molecular formula is C14H15BrN2O. The van der Waals surface area contributed by atoms with E-state index in [0.717, 1.165) is 5.75 Å². The van der Waals surface area contributed by atoms with Crippen LogP contribution in [0.1, 0.15) is 26.3 Å². The van der Waals surface area contributed by atoms with Gasteiger partial charge in [0, 0.05) is 6.07 Å². The fraction of sp³-hybridized carbons (Fsp3) is 0.286. The van der Waals surface area contributed by atoms with Gasteiger partial charge in [-0.15, -0.1) is 0 Å². The summed E-state index contributed by atoms with van der Waals surface area (Å²) >= 11 is 3.28. The first-order chi connectivity index (χ1) is 8.45. The average Bonchev–Trinajstić information content (AvgIpc) is 2.28. The zero-order chi connectivity index (χ0) is 13.2. The molecule has 1 heterocycles. The van der Waals surface area contributed by atoms with Gasteiger partial charge >= 0.3 is 0 Å². The smallest absolute Gasteiger partial charge is 0.223 e. The van der Waals surface area contributed by atoms with Crippen LogP contribution < -0.4 is 4.74 Å². The summed E-state index contributed by atoms with van der Waals surface area (Å²) in [5.74, 6) is 1.30. The van der Waals surface area contributed by atoms with Crippen molar-refractivity contribution in [3.63, 3.8) is 0 Å². The van der Waals surface area contributed by atoms with Crippen molar-refractivity contribution >= 4 is 15.9 Å². The lowest BCUT2D eigenvalue weighted by Crippen LogP contribution is -2.10. The number of benzene rings is 1. The lowest BCUT2D eigenvalue weighted by atomic mass is 9.87. The molecule has 0 amide bonds. The van der Waals surface area contributed by atoms with Gasteiger partial charge in [-0.1, -0.05) is 32.9 Å². The standard InChI is InChI=1S/C14H15BrN2O/c1-14(2,3)10-4-6-11(7-5-10)18-13-8-12(15)16-9-17-13/h4-9H,1-3H3. The first kappa shape index (κ1) is 13.0. The quantitative estimate of drug-likeness (QED) is 0.775. The van der Waals surface area contributed by atoms with Crippen molar-refractivity contribution in [1.29, 1.82) is 0 Å². The van der Waals surface area contributed by atoms with Gasteiger partial charge in [0.2, 0.25) is 5.88 Å². The average molecular weight is 307 g/mol.